The zero-order valence-electron chi connectivity index (χ0n) is 18.3. The highest BCUT2D eigenvalue weighted by Gasteiger charge is 2.24. The molecule has 1 fully saturated rings. The molecule has 7 heteroatoms. The van der Waals surface area contributed by atoms with E-state index in [9.17, 15) is 9.59 Å². The van der Waals surface area contributed by atoms with Crippen molar-refractivity contribution in [2.45, 2.75) is 13.5 Å². The Morgan fingerprint density at radius 2 is 1.62 bits per heavy atom. The Morgan fingerprint density at radius 1 is 1.00 bits per heavy atom. The molecule has 0 unspecified atom stereocenters. The fraction of sp³-hybridized carbons (Fsp3) is 0.320. The molecule has 2 heterocycles. The van der Waals surface area contributed by atoms with Gasteiger partial charge in [-0.05, 0) is 12.5 Å². The second-order valence-corrected chi connectivity index (χ2v) is 7.66. The molecule has 0 atom stereocenters. The lowest BCUT2D eigenvalue weighted by atomic mass is 9.95. The standard InChI is InChI=1S/C25H28N4O3/c1-2-29-25(31)22(24(30)26-13-14-28-15-17-32-18-16-28)21(19-9-5-3-6-10-19)23(27-29)20-11-7-4-8-12-20/h3-12H,2,13-18H2,1H3,(H,26,30). The number of hydrogen-bond donors (Lipinski definition) is 1. The van der Waals surface area contributed by atoms with E-state index in [0.717, 1.165) is 24.2 Å². The van der Waals surface area contributed by atoms with E-state index in [-0.39, 0.29) is 17.0 Å². The minimum absolute atomic E-state index is 0.133. The Labute approximate surface area is 187 Å². The van der Waals surface area contributed by atoms with Crippen molar-refractivity contribution in [2.24, 2.45) is 0 Å². The number of hydrogen-bond acceptors (Lipinski definition) is 5. The number of carbonyl (C=O) groups is 1. The summed E-state index contributed by atoms with van der Waals surface area (Å²) in [6.07, 6.45) is 0. The van der Waals surface area contributed by atoms with Crippen molar-refractivity contribution in [1.82, 2.24) is 20.0 Å². The van der Waals surface area contributed by atoms with Crippen molar-refractivity contribution >= 4 is 5.91 Å². The largest absolute Gasteiger partial charge is 0.379 e. The Kier molecular flexibility index (Phi) is 7.09. The summed E-state index contributed by atoms with van der Waals surface area (Å²) in [5, 5.41) is 7.60. The maximum absolute atomic E-state index is 13.4. The summed E-state index contributed by atoms with van der Waals surface area (Å²) >= 11 is 0. The number of morpholine rings is 1. The van der Waals surface area contributed by atoms with E-state index in [1.807, 2.05) is 67.6 Å². The molecule has 32 heavy (non-hydrogen) atoms. The van der Waals surface area contributed by atoms with E-state index in [0.29, 0.717) is 44.1 Å². The molecule has 0 aliphatic carbocycles. The number of ether oxygens (including phenoxy) is 1. The quantitative estimate of drug-likeness (QED) is 0.621. The average molecular weight is 433 g/mol. The van der Waals surface area contributed by atoms with Crippen molar-refractivity contribution in [2.75, 3.05) is 39.4 Å². The maximum Gasteiger partial charge on any atom is 0.280 e. The first kappa shape index (κ1) is 21.9. The first-order chi connectivity index (χ1) is 15.7. The van der Waals surface area contributed by atoms with E-state index >= 15 is 0 Å². The maximum atomic E-state index is 13.4. The first-order valence-electron chi connectivity index (χ1n) is 11.0. The van der Waals surface area contributed by atoms with Crippen LogP contribution in [0.5, 0.6) is 0 Å². The Morgan fingerprint density at radius 3 is 2.25 bits per heavy atom. The van der Waals surface area contributed by atoms with E-state index in [1.54, 1.807) is 0 Å². The van der Waals surface area contributed by atoms with E-state index in [2.05, 4.69) is 15.3 Å². The highest BCUT2D eigenvalue weighted by Crippen LogP contribution is 2.31. The molecule has 166 valence electrons. The first-order valence-corrected chi connectivity index (χ1v) is 11.0. The van der Waals surface area contributed by atoms with Crippen LogP contribution in [-0.4, -0.2) is 60.0 Å². The summed E-state index contributed by atoms with van der Waals surface area (Å²) in [6, 6.07) is 19.2. The van der Waals surface area contributed by atoms with Gasteiger partial charge in [-0.2, -0.15) is 5.10 Å². The van der Waals surface area contributed by atoms with Gasteiger partial charge in [0, 0.05) is 43.9 Å². The molecular formula is C25H28N4O3. The van der Waals surface area contributed by atoms with Gasteiger partial charge >= 0.3 is 0 Å². The lowest BCUT2D eigenvalue weighted by Gasteiger charge is -2.26. The number of nitrogens with one attached hydrogen (secondary N) is 1. The number of aryl methyl sites for hydroxylation is 1. The van der Waals surface area contributed by atoms with Crippen LogP contribution < -0.4 is 10.9 Å². The molecule has 1 saturated heterocycles. The molecule has 0 spiro atoms. The molecule has 7 nitrogen and oxygen atoms in total. The molecule has 0 saturated carbocycles. The van der Waals surface area contributed by atoms with Crippen LogP contribution in [0.2, 0.25) is 0 Å². The number of aromatic nitrogens is 2. The topological polar surface area (TPSA) is 76.5 Å². The van der Waals surface area contributed by atoms with Crippen LogP contribution >= 0.6 is 0 Å². The van der Waals surface area contributed by atoms with Gasteiger partial charge in [-0.15, -0.1) is 0 Å². The summed E-state index contributed by atoms with van der Waals surface area (Å²) < 4.78 is 6.74. The number of amides is 1. The van der Waals surface area contributed by atoms with Crippen LogP contribution in [0, 0.1) is 0 Å². The third-order valence-corrected chi connectivity index (χ3v) is 5.61. The van der Waals surface area contributed by atoms with Gasteiger partial charge < -0.3 is 10.1 Å². The SMILES string of the molecule is CCn1nc(-c2ccccc2)c(-c2ccccc2)c(C(=O)NCCN2CCOCC2)c1=O. The molecule has 1 N–H and O–H groups in total. The second kappa shape index (κ2) is 10.3. The van der Waals surface area contributed by atoms with Gasteiger partial charge in [-0.1, -0.05) is 60.7 Å². The molecule has 0 bridgehead atoms. The van der Waals surface area contributed by atoms with Crippen LogP contribution in [0.4, 0.5) is 0 Å². The predicted octanol–water partition coefficient (Wildman–Crippen LogP) is 2.66. The van der Waals surface area contributed by atoms with Gasteiger partial charge in [-0.3, -0.25) is 14.5 Å². The van der Waals surface area contributed by atoms with E-state index < -0.39 is 0 Å². The summed E-state index contributed by atoms with van der Waals surface area (Å²) in [4.78, 5) is 28.9. The van der Waals surface area contributed by atoms with Crippen molar-refractivity contribution in [1.29, 1.82) is 0 Å². The molecule has 2 aromatic carbocycles. The summed E-state index contributed by atoms with van der Waals surface area (Å²) in [7, 11) is 0. The highest BCUT2D eigenvalue weighted by molar-refractivity contribution is 6.03. The number of nitrogens with zero attached hydrogens (tertiary/aromatic N) is 3. The summed E-state index contributed by atoms with van der Waals surface area (Å²) in [6.45, 7) is 6.52. The minimum atomic E-state index is -0.380. The number of benzene rings is 2. The fourth-order valence-corrected chi connectivity index (χ4v) is 3.92. The number of rotatable bonds is 7. The van der Waals surface area contributed by atoms with Gasteiger partial charge in [0.05, 0.1) is 18.9 Å². The minimum Gasteiger partial charge on any atom is -0.379 e. The summed E-state index contributed by atoms with van der Waals surface area (Å²) in [5.41, 5.74) is 2.59. The average Bonchev–Trinajstić information content (AvgIpc) is 2.85. The van der Waals surface area contributed by atoms with Crippen LogP contribution in [-0.2, 0) is 11.3 Å². The molecule has 1 aliphatic rings. The third kappa shape index (κ3) is 4.79. The van der Waals surface area contributed by atoms with Crippen molar-refractivity contribution in [3.63, 3.8) is 0 Å². The molecule has 3 aromatic rings. The highest BCUT2D eigenvalue weighted by atomic mass is 16.5. The van der Waals surface area contributed by atoms with Crippen molar-refractivity contribution < 1.29 is 9.53 Å². The molecular weight excluding hydrogens is 404 g/mol. The van der Waals surface area contributed by atoms with E-state index in [4.69, 9.17) is 4.74 Å². The molecule has 1 aromatic heterocycles. The zero-order chi connectivity index (χ0) is 22.3. The molecule has 1 aliphatic heterocycles. The lowest BCUT2D eigenvalue weighted by Crippen LogP contribution is -2.42. The van der Waals surface area contributed by atoms with Crippen LogP contribution in [0.3, 0.4) is 0 Å². The zero-order valence-corrected chi connectivity index (χ0v) is 18.3. The Balaban J connectivity index is 1.75. The number of carbonyl (C=O) groups excluding carboxylic acids is 1. The monoisotopic (exact) mass is 432 g/mol. The lowest BCUT2D eigenvalue weighted by molar-refractivity contribution is 0.0383. The third-order valence-electron chi connectivity index (χ3n) is 5.61. The van der Waals surface area contributed by atoms with E-state index in [1.165, 1.54) is 4.68 Å². The second-order valence-electron chi connectivity index (χ2n) is 7.66. The molecule has 1 amide bonds. The molecule has 4 rings (SSSR count). The molecule has 0 radical (unpaired) electrons. The van der Waals surface area contributed by atoms with Crippen molar-refractivity contribution in [3.8, 4) is 22.4 Å². The van der Waals surface area contributed by atoms with Gasteiger partial charge in [-0.25, -0.2) is 4.68 Å². The van der Waals surface area contributed by atoms with Crippen LogP contribution in [0.25, 0.3) is 22.4 Å². The van der Waals surface area contributed by atoms with Gasteiger partial charge in [0.15, 0.2) is 0 Å². The predicted molar refractivity (Wildman–Crippen MR) is 125 cm³/mol. The van der Waals surface area contributed by atoms with Crippen LogP contribution in [0.15, 0.2) is 65.5 Å². The Hall–Kier alpha value is -3.29. The van der Waals surface area contributed by atoms with Crippen molar-refractivity contribution in [3.05, 3.63) is 76.6 Å². The smallest absolute Gasteiger partial charge is 0.280 e. The normalized spacial score (nSPS) is 14.3. The van der Waals surface area contributed by atoms with Gasteiger partial charge in [0.2, 0.25) is 0 Å². The van der Waals surface area contributed by atoms with Gasteiger partial charge in [0.1, 0.15) is 5.56 Å². The fourth-order valence-electron chi connectivity index (χ4n) is 3.92. The Bertz CT molecular complexity index is 1110. The summed E-state index contributed by atoms with van der Waals surface area (Å²) in [5.74, 6) is -0.371. The van der Waals surface area contributed by atoms with Gasteiger partial charge in [0.25, 0.3) is 11.5 Å². The van der Waals surface area contributed by atoms with Crippen LogP contribution in [0.1, 0.15) is 17.3 Å².